The van der Waals surface area contributed by atoms with Crippen LogP contribution < -0.4 is 0 Å². The van der Waals surface area contributed by atoms with Crippen LogP contribution in [-0.2, 0) is 4.79 Å². The van der Waals surface area contributed by atoms with Crippen LogP contribution in [0.5, 0.6) is 0 Å². The van der Waals surface area contributed by atoms with Gasteiger partial charge in [0.25, 0.3) is 0 Å². The Labute approximate surface area is 122 Å². The van der Waals surface area contributed by atoms with Crippen molar-refractivity contribution >= 4 is 22.7 Å². The van der Waals surface area contributed by atoms with Gasteiger partial charge in [0.15, 0.2) is 0 Å². The van der Waals surface area contributed by atoms with E-state index in [2.05, 4.69) is 11.1 Å². The molecule has 0 radical (unpaired) electrons. The monoisotopic (exact) mass is 281 g/mol. The van der Waals surface area contributed by atoms with Gasteiger partial charge in [-0.15, -0.1) is 0 Å². The Kier molecular flexibility index (Phi) is 4.19. The van der Waals surface area contributed by atoms with E-state index < -0.39 is 5.97 Å². The van der Waals surface area contributed by atoms with Gasteiger partial charge < -0.3 is 9.67 Å². The molecule has 0 bridgehead atoms. The first-order valence-electron chi connectivity index (χ1n) is 6.55. The minimum Gasteiger partial charge on any atom is -0.478 e. The quantitative estimate of drug-likeness (QED) is 0.689. The number of aliphatic carboxylic acids is 1. The summed E-state index contributed by atoms with van der Waals surface area (Å²) in [7, 11) is 0. The zero-order valence-electron chi connectivity index (χ0n) is 11.9. The maximum Gasteiger partial charge on any atom is 0.331 e. The molecule has 5 nitrogen and oxygen atoms in total. The van der Waals surface area contributed by atoms with Crippen molar-refractivity contribution in [1.82, 2.24) is 9.55 Å². The molecule has 0 aliphatic rings. The maximum absolute atomic E-state index is 11.0. The molecule has 2 aromatic heterocycles. The summed E-state index contributed by atoms with van der Waals surface area (Å²) in [5.74, 6) is -0.922. The highest BCUT2D eigenvalue weighted by Crippen LogP contribution is 2.22. The molecule has 0 unspecified atom stereocenters. The van der Waals surface area contributed by atoms with E-state index in [4.69, 9.17) is 10.4 Å². The third kappa shape index (κ3) is 2.84. The van der Waals surface area contributed by atoms with Crippen molar-refractivity contribution in [1.29, 1.82) is 5.26 Å². The summed E-state index contributed by atoms with van der Waals surface area (Å²) >= 11 is 0. The fourth-order valence-electron chi connectivity index (χ4n) is 2.06. The summed E-state index contributed by atoms with van der Waals surface area (Å²) in [6.07, 6.45) is 7.13. The van der Waals surface area contributed by atoms with E-state index in [1.54, 1.807) is 42.1 Å². The van der Waals surface area contributed by atoms with Crippen molar-refractivity contribution in [3.8, 4) is 6.07 Å². The molecule has 0 aliphatic heterocycles. The molecule has 0 saturated heterocycles. The molecule has 5 heteroatoms. The third-order valence-electron chi connectivity index (χ3n) is 3.24. The Morgan fingerprint density at radius 1 is 1.52 bits per heavy atom. The molecule has 2 rings (SSSR count). The van der Waals surface area contributed by atoms with E-state index in [-0.39, 0.29) is 0 Å². The molecule has 0 spiro atoms. The lowest BCUT2D eigenvalue weighted by atomic mass is 10.2. The average Bonchev–Trinajstić information content (AvgIpc) is 2.86. The first-order valence-corrected chi connectivity index (χ1v) is 6.55. The van der Waals surface area contributed by atoms with Gasteiger partial charge in [0.2, 0.25) is 0 Å². The molecular weight excluding hydrogens is 266 g/mol. The van der Waals surface area contributed by atoms with Gasteiger partial charge in [-0.25, -0.2) is 9.78 Å². The van der Waals surface area contributed by atoms with Crippen LogP contribution in [0.3, 0.4) is 0 Å². The molecule has 106 valence electrons. The van der Waals surface area contributed by atoms with Crippen molar-refractivity contribution in [2.75, 3.05) is 0 Å². The second kappa shape index (κ2) is 6.06. The molecule has 0 saturated carbocycles. The molecule has 0 aliphatic carbocycles. The number of nitrogens with zero attached hydrogens (tertiary/aromatic N) is 3. The van der Waals surface area contributed by atoms with Gasteiger partial charge in [-0.3, -0.25) is 0 Å². The molecule has 2 aromatic rings. The van der Waals surface area contributed by atoms with E-state index in [1.165, 1.54) is 0 Å². The molecular formula is C16H15N3O2. The Hall–Kier alpha value is -2.87. The van der Waals surface area contributed by atoms with E-state index in [9.17, 15) is 4.79 Å². The summed E-state index contributed by atoms with van der Waals surface area (Å²) in [4.78, 5) is 15.3. The van der Waals surface area contributed by atoms with E-state index >= 15 is 0 Å². The Balaban J connectivity index is 2.52. The van der Waals surface area contributed by atoms with E-state index in [0.29, 0.717) is 23.2 Å². The van der Waals surface area contributed by atoms with Crippen LogP contribution in [0.2, 0.25) is 0 Å². The summed E-state index contributed by atoms with van der Waals surface area (Å²) in [6, 6.07) is 5.77. The fraction of sp³-hybridized carbons (Fsp3) is 0.188. The highest BCUT2D eigenvalue weighted by Gasteiger charge is 2.09. The highest BCUT2D eigenvalue weighted by atomic mass is 16.4. The third-order valence-corrected chi connectivity index (χ3v) is 3.24. The van der Waals surface area contributed by atoms with Crippen LogP contribution in [-0.4, -0.2) is 20.6 Å². The van der Waals surface area contributed by atoms with Crippen LogP contribution >= 0.6 is 0 Å². The van der Waals surface area contributed by atoms with Gasteiger partial charge in [-0.1, -0.05) is 13.0 Å². The van der Waals surface area contributed by atoms with E-state index in [0.717, 1.165) is 11.1 Å². The lowest BCUT2D eigenvalue weighted by molar-refractivity contribution is -0.132. The molecule has 0 fully saturated rings. The predicted octanol–water partition coefficient (Wildman–Crippen LogP) is 3.19. The molecule has 2 heterocycles. The number of carbonyl (C=O) groups is 1. The topological polar surface area (TPSA) is 78.9 Å². The number of pyridine rings is 1. The van der Waals surface area contributed by atoms with Gasteiger partial charge in [-0.2, -0.15) is 5.26 Å². The van der Waals surface area contributed by atoms with Gasteiger partial charge in [0, 0.05) is 29.1 Å². The fourth-order valence-corrected chi connectivity index (χ4v) is 2.06. The number of carboxylic acid groups (broad SMARTS) is 1. The van der Waals surface area contributed by atoms with Crippen LogP contribution in [0.1, 0.15) is 25.8 Å². The van der Waals surface area contributed by atoms with Crippen molar-refractivity contribution in [2.24, 2.45) is 0 Å². The number of hydrogen-bond donors (Lipinski definition) is 1. The SMILES string of the molecule is CC/C(=C\C=C(/C)n1cc(C#N)c2cccnc21)C(=O)O. The lowest BCUT2D eigenvalue weighted by Gasteiger charge is -2.03. The van der Waals surface area contributed by atoms with Gasteiger partial charge in [0.05, 0.1) is 5.56 Å². The summed E-state index contributed by atoms with van der Waals surface area (Å²) in [5, 5.41) is 19.0. The van der Waals surface area contributed by atoms with Crippen LogP contribution in [0.15, 0.2) is 42.3 Å². The van der Waals surface area contributed by atoms with Crippen LogP contribution in [0, 0.1) is 11.3 Å². The van der Waals surface area contributed by atoms with Crippen LogP contribution in [0.4, 0.5) is 0 Å². The Morgan fingerprint density at radius 3 is 2.90 bits per heavy atom. The smallest absolute Gasteiger partial charge is 0.331 e. The second-order valence-corrected chi connectivity index (χ2v) is 4.56. The molecule has 0 aromatic carbocycles. The zero-order chi connectivity index (χ0) is 15.4. The largest absolute Gasteiger partial charge is 0.478 e. The number of allylic oxidation sites excluding steroid dienone is 3. The first kappa shape index (κ1) is 14.5. The Morgan fingerprint density at radius 2 is 2.29 bits per heavy atom. The molecule has 0 atom stereocenters. The number of nitriles is 1. The summed E-state index contributed by atoms with van der Waals surface area (Å²) in [5.41, 5.74) is 2.36. The van der Waals surface area contributed by atoms with Crippen molar-refractivity contribution in [3.05, 3.63) is 47.8 Å². The molecule has 1 N–H and O–H groups in total. The van der Waals surface area contributed by atoms with Gasteiger partial charge >= 0.3 is 5.97 Å². The standard InChI is InChI=1S/C16H15N3O2/c1-3-12(16(20)21)7-6-11(2)19-10-13(9-17)14-5-4-8-18-15(14)19/h4-8,10H,3H2,1-2H3,(H,20,21)/b11-6+,12-7+. The molecule has 0 amide bonds. The normalized spacial score (nSPS) is 12.4. The zero-order valence-corrected chi connectivity index (χ0v) is 11.9. The number of hydrogen-bond acceptors (Lipinski definition) is 3. The first-order chi connectivity index (χ1) is 10.1. The summed E-state index contributed by atoms with van der Waals surface area (Å²) in [6.45, 7) is 3.64. The lowest BCUT2D eigenvalue weighted by Crippen LogP contribution is -1.99. The second-order valence-electron chi connectivity index (χ2n) is 4.56. The van der Waals surface area contributed by atoms with Gasteiger partial charge in [-0.05, 0) is 31.6 Å². The average molecular weight is 281 g/mol. The van der Waals surface area contributed by atoms with Crippen molar-refractivity contribution in [3.63, 3.8) is 0 Å². The minimum absolute atomic E-state index is 0.333. The number of rotatable bonds is 4. The Bertz CT molecular complexity index is 791. The summed E-state index contributed by atoms with van der Waals surface area (Å²) < 4.78 is 1.79. The van der Waals surface area contributed by atoms with Crippen LogP contribution in [0.25, 0.3) is 16.7 Å². The number of aromatic nitrogens is 2. The minimum atomic E-state index is -0.922. The van der Waals surface area contributed by atoms with Gasteiger partial charge in [0.1, 0.15) is 11.7 Å². The molecule has 21 heavy (non-hydrogen) atoms. The number of carboxylic acids is 1. The van der Waals surface area contributed by atoms with Crippen molar-refractivity contribution in [2.45, 2.75) is 20.3 Å². The maximum atomic E-state index is 11.0. The van der Waals surface area contributed by atoms with E-state index in [1.807, 2.05) is 13.0 Å². The van der Waals surface area contributed by atoms with Crippen molar-refractivity contribution < 1.29 is 9.90 Å². The number of fused-ring (bicyclic) bond motifs is 1. The highest BCUT2D eigenvalue weighted by molar-refractivity contribution is 5.88. The predicted molar refractivity (Wildman–Crippen MR) is 80.4 cm³/mol.